The Bertz CT molecular complexity index is 1110. The Hall–Kier alpha value is -3.55. The fourth-order valence-corrected chi connectivity index (χ4v) is 4.05. The first-order valence-corrected chi connectivity index (χ1v) is 11.2. The van der Waals surface area contributed by atoms with E-state index in [1.54, 1.807) is 20.5 Å². The zero-order valence-corrected chi connectivity index (χ0v) is 19.7. The number of fused-ring (bicyclic) bond motifs is 1. The molecule has 0 radical (unpaired) electrons. The summed E-state index contributed by atoms with van der Waals surface area (Å²) in [7, 11) is 3.22. The van der Waals surface area contributed by atoms with Gasteiger partial charge in [0.2, 0.25) is 0 Å². The van der Waals surface area contributed by atoms with E-state index in [2.05, 4.69) is 58.3 Å². The molecule has 1 fully saturated rings. The number of nitrogens with one attached hydrogen (secondary N) is 1. The Balaban J connectivity index is 1.38. The van der Waals surface area contributed by atoms with E-state index in [1.807, 2.05) is 17.0 Å². The molecule has 2 aromatic carbocycles. The van der Waals surface area contributed by atoms with Crippen molar-refractivity contribution in [2.75, 3.05) is 45.3 Å². The number of hydrogen-bond acceptors (Lipinski definition) is 6. The minimum Gasteiger partial charge on any atom is -0.493 e. The molecule has 0 spiro atoms. The van der Waals surface area contributed by atoms with Crippen molar-refractivity contribution in [1.29, 1.82) is 0 Å². The number of carbonyl (C=O) groups is 1. The smallest absolute Gasteiger partial charge is 0.317 e. The van der Waals surface area contributed by atoms with E-state index in [-0.39, 0.29) is 6.03 Å². The van der Waals surface area contributed by atoms with Gasteiger partial charge in [-0.15, -0.1) is 0 Å². The van der Waals surface area contributed by atoms with Gasteiger partial charge < -0.3 is 24.6 Å². The number of urea groups is 1. The van der Waals surface area contributed by atoms with Crippen LogP contribution in [0.3, 0.4) is 0 Å². The standard InChI is InChI=1S/C25H31N5O3/c1-17(2)19-7-5-18(6-8-19)15-26-25(31)30-11-9-29(10-12-30)24-20-13-22(32-3)23(33-4)14-21(20)27-16-28-24/h5-8,13-14,16-17H,9-12,15H2,1-4H3,(H,26,31). The Morgan fingerprint density at radius 2 is 1.67 bits per heavy atom. The lowest BCUT2D eigenvalue weighted by Crippen LogP contribution is -2.52. The second-order valence-electron chi connectivity index (χ2n) is 8.45. The first-order valence-electron chi connectivity index (χ1n) is 11.2. The first kappa shape index (κ1) is 22.6. The lowest BCUT2D eigenvalue weighted by molar-refractivity contribution is 0.194. The molecule has 4 rings (SSSR count). The summed E-state index contributed by atoms with van der Waals surface area (Å²) in [6.07, 6.45) is 1.56. The third-order valence-corrected chi connectivity index (χ3v) is 6.08. The van der Waals surface area contributed by atoms with E-state index >= 15 is 0 Å². The summed E-state index contributed by atoms with van der Waals surface area (Å²) >= 11 is 0. The van der Waals surface area contributed by atoms with Gasteiger partial charge in [-0.05, 0) is 23.1 Å². The van der Waals surface area contributed by atoms with Crippen molar-refractivity contribution >= 4 is 22.8 Å². The van der Waals surface area contributed by atoms with Gasteiger partial charge in [0.15, 0.2) is 11.5 Å². The Labute approximate surface area is 194 Å². The van der Waals surface area contributed by atoms with Crippen molar-refractivity contribution in [2.24, 2.45) is 0 Å². The van der Waals surface area contributed by atoms with Gasteiger partial charge in [0.1, 0.15) is 12.1 Å². The van der Waals surface area contributed by atoms with E-state index in [4.69, 9.17) is 9.47 Å². The maximum atomic E-state index is 12.7. The Morgan fingerprint density at radius 3 is 2.30 bits per heavy atom. The van der Waals surface area contributed by atoms with Crippen LogP contribution in [0.25, 0.3) is 10.9 Å². The highest BCUT2D eigenvalue weighted by atomic mass is 16.5. The molecular weight excluding hydrogens is 418 g/mol. The average molecular weight is 450 g/mol. The minimum absolute atomic E-state index is 0.0402. The quantitative estimate of drug-likeness (QED) is 0.617. The summed E-state index contributed by atoms with van der Waals surface area (Å²) in [5.74, 6) is 2.61. The van der Waals surface area contributed by atoms with Crippen LogP contribution in [-0.2, 0) is 6.54 Å². The topological polar surface area (TPSA) is 79.8 Å². The number of anilines is 1. The SMILES string of the molecule is COc1cc2ncnc(N3CCN(C(=O)NCc4ccc(C(C)C)cc4)CC3)c2cc1OC. The molecule has 0 atom stereocenters. The van der Waals surface area contributed by atoms with E-state index in [0.717, 1.165) is 22.3 Å². The molecule has 1 N–H and O–H groups in total. The van der Waals surface area contributed by atoms with Crippen LogP contribution < -0.4 is 19.7 Å². The van der Waals surface area contributed by atoms with Gasteiger partial charge in [-0.3, -0.25) is 0 Å². The van der Waals surface area contributed by atoms with Gasteiger partial charge in [0, 0.05) is 44.2 Å². The molecule has 1 aliphatic rings. The van der Waals surface area contributed by atoms with E-state index in [1.165, 1.54) is 5.56 Å². The summed E-state index contributed by atoms with van der Waals surface area (Å²) in [6, 6.07) is 12.1. The summed E-state index contributed by atoms with van der Waals surface area (Å²) in [5, 5.41) is 3.94. The molecule has 2 heterocycles. The Kier molecular flexibility index (Phi) is 6.82. The number of nitrogens with zero attached hydrogens (tertiary/aromatic N) is 4. The van der Waals surface area contributed by atoms with Crippen LogP contribution in [0.4, 0.5) is 10.6 Å². The molecule has 0 aliphatic carbocycles. The molecule has 1 aromatic heterocycles. The van der Waals surface area contributed by atoms with Crippen molar-refractivity contribution in [1.82, 2.24) is 20.2 Å². The van der Waals surface area contributed by atoms with Crippen LogP contribution in [0, 0.1) is 0 Å². The van der Waals surface area contributed by atoms with Gasteiger partial charge in [-0.1, -0.05) is 38.1 Å². The molecule has 1 aliphatic heterocycles. The second-order valence-corrected chi connectivity index (χ2v) is 8.45. The number of carbonyl (C=O) groups excluding carboxylic acids is 1. The van der Waals surface area contributed by atoms with Crippen molar-refractivity contribution in [3.05, 3.63) is 53.9 Å². The predicted octanol–water partition coefficient (Wildman–Crippen LogP) is 3.80. The van der Waals surface area contributed by atoms with Gasteiger partial charge >= 0.3 is 6.03 Å². The fraction of sp³-hybridized carbons (Fsp3) is 0.400. The predicted molar refractivity (Wildman–Crippen MR) is 129 cm³/mol. The van der Waals surface area contributed by atoms with Gasteiger partial charge in [-0.2, -0.15) is 0 Å². The number of piperazine rings is 1. The zero-order valence-electron chi connectivity index (χ0n) is 19.7. The molecule has 8 nitrogen and oxygen atoms in total. The molecule has 0 unspecified atom stereocenters. The third kappa shape index (κ3) is 4.94. The Morgan fingerprint density at radius 1 is 1.00 bits per heavy atom. The highest BCUT2D eigenvalue weighted by Crippen LogP contribution is 2.34. The molecule has 0 bridgehead atoms. The van der Waals surface area contributed by atoms with Crippen molar-refractivity contribution in [2.45, 2.75) is 26.3 Å². The van der Waals surface area contributed by atoms with Crippen molar-refractivity contribution < 1.29 is 14.3 Å². The summed E-state index contributed by atoms with van der Waals surface area (Å²) in [6.45, 7) is 7.50. The number of methoxy groups -OCH3 is 2. The van der Waals surface area contributed by atoms with E-state index in [0.29, 0.717) is 50.1 Å². The van der Waals surface area contributed by atoms with Crippen LogP contribution in [-0.4, -0.2) is 61.3 Å². The lowest BCUT2D eigenvalue weighted by Gasteiger charge is -2.35. The second kappa shape index (κ2) is 9.94. The highest BCUT2D eigenvalue weighted by Gasteiger charge is 2.23. The van der Waals surface area contributed by atoms with Gasteiger partial charge in [0.25, 0.3) is 0 Å². The van der Waals surface area contributed by atoms with Crippen LogP contribution in [0.5, 0.6) is 11.5 Å². The molecule has 0 saturated carbocycles. The largest absolute Gasteiger partial charge is 0.493 e. The van der Waals surface area contributed by atoms with Gasteiger partial charge in [-0.25, -0.2) is 14.8 Å². The molecule has 3 aromatic rings. The number of hydrogen-bond donors (Lipinski definition) is 1. The maximum Gasteiger partial charge on any atom is 0.317 e. The minimum atomic E-state index is -0.0402. The molecule has 33 heavy (non-hydrogen) atoms. The average Bonchev–Trinajstić information content (AvgIpc) is 2.86. The number of rotatable bonds is 6. The van der Waals surface area contributed by atoms with Crippen LogP contribution in [0.2, 0.25) is 0 Å². The molecule has 174 valence electrons. The number of benzene rings is 2. The molecule has 1 saturated heterocycles. The van der Waals surface area contributed by atoms with E-state index < -0.39 is 0 Å². The zero-order chi connectivity index (χ0) is 23.4. The number of amides is 2. The van der Waals surface area contributed by atoms with Crippen LogP contribution >= 0.6 is 0 Å². The lowest BCUT2D eigenvalue weighted by atomic mass is 10.0. The summed E-state index contributed by atoms with van der Waals surface area (Å²) < 4.78 is 10.8. The molecular formula is C25H31N5O3. The summed E-state index contributed by atoms with van der Waals surface area (Å²) in [5.41, 5.74) is 3.19. The van der Waals surface area contributed by atoms with Gasteiger partial charge in [0.05, 0.1) is 19.7 Å². The first-order chi connectivity index (χ1) is 16.0. The molecule has 8 heteroatoms. The normalized spacial score (nSPS) is 14.0. The number of ether oxygens (including phenoxy) is 2. The number of aromatic nitrogens is 2. The maximum absolute atomic E-state index is 12.7. The third-order valence-electron chi connectivity index (χ3n) is 6.08. The van der Waals surface area contributed by atoms with Crippen LogP contribution in [0.1, 0.15) is 30.9 Å². The van der Waals surface area contributed by atoms with Crippen molar-refractivity contribution in [3.8, 4) is 11.5 Å². The summed E-state index contributed by atoms with van der Waals surface area (Å²) in [4.78, 5) is 25.6. The molecule has 2 amide bonds. The fourth-order valence-electron chi connectivity index (χ4n) is 4.05. The monoisotopic (exact) mass is 449 g/mol. The van der Waals surface area contributed by atoms with E-state index in [9.17, 15) is 4.79 Å². The van der Waals surface area contributed by atoms with Crippen LogP contribution in [0.15, 0.2) is 42.7 Å². The van der Waals surface area contributed by atoms with Crippen molar-refractivity contribution in [3.63, 3.8) is 0 Å². The highest BCUT2D eigenvalue weighted by molar-refractivity contribution is 5.92.